The second-order valence-corrected chi connectivity index (χ2v) is 27.1. The highest BCUT2D eigenvalue weighted by molar-refractivity contribution is 7.47. The minimum absolute atomic E-state index is 0.0342. The van der Waals surface area contributed by atoms with E-state index in [2.05, 4.69) is 38.2 Å². The van der Waals surface area contributed by atoms with Gasteiger partial charge in [0.05, 0.1) is 27.7 Å². The molecular weight excluding hydrogens is 1030 g/mol. The van der Waals surface area contributed by atoms with E-state index in [0.29, 0.717) is 23.9 Å². The number of carbonyl (C=O) groups excluding carboxylic acids is 2. The number of carbonyl (C=O) groups is 2. The summed E-state index contributed by atoms with van der Waals surface area (Å²) in [6.07, 6.45) is 78.7. The zero-order valence-electron chi connectivity index (χ0n) is 54.8. The summed E-state index contributed by atoms with van der Waals surface area (Å²) < 4.78 is 34.7. The Bertz CT molecular complexity index is 1420. The van der Waals surface area contributed by atoms with E-state index in [1.807, 2.05) is 21.1 Å². The van der Waals surface area contributed by atoms with E-state index < -0.39 is 26.5 Å². The fourth-order valence-corrected chi connectivity index (χ4v) is 11.5. The smallest absolute Gasteiger partial charge is 0.462 e. The molecule has 0 saturated heterocycles. The Kier molecular flexibility index (Phi) is 61.8. The van der Waals surface area contributed by atoms with Crippen LogP contribution in [0.3, 0.4) is 0 Å². The Morgan fingerprint density at radius 3 is 0.975 bits per heavy atom. The topological polar surface area (TPSA) is 108 Å². The number of likely N-dealkylation sites (N-methyl/N-ethyl adjacent to an activating group) is 1. The predicted octanol–water partition coefficient (Wildman–Crippen LogP) is 22.9. The van der Waals surface area contributed by atoms with Crippen LogP contribution in [-0.2, 0) is 32.7 Å². The van der Waals surface area contributed by atoms with E-state index >= 15 is 0 Å². The van der Waals surface area contributed by atoms with Gasteiger partial charge in [-0.2, -0.15) is 0 Å². The molecule has 81 heavy (non-hydrogen) atoms. The minimum Gasteiger partial charge on any atom is -0.462 e. The predicted molar refractivity (Wildman–Crippen MR) is 349 cm³/mol. The van der Waals surface area contributed by atoms with Gasteiger partial charge in [-0.1, -0.05) is 334 Å². The molecule has 10 heteroatoms. The van der Waals surface area contributed by atoms with E-state index in [1.165, 1.54) is 295 Å². The lowest BCUT2D eigenvalue weighted by atomic mass is 10.0. The molecule has 0 aromatic carbocycles. The number of rotatable bonds is 67. The first-order valence-corrected chi connectivity index (χ1v) is 37.1. The Labute approximate surface area is 504 Å². The fraction of sp³-hybridized carbons (Fsp3) is 0.915. The van der Waals surface area contributed by atoms with Crippen molar-refractivity contribution in [1.29, 1.82) is 0 Å². The number of hydrogen-bond acceptors (Lipinski definition) is 7. The zero-order chi connectivity index (χ0) is 59.1. The molecule has 0 radical (unpaired) electrons. The first-order chi connectivity index (χ1) is 39.5. The molecule has 0 saturated carbocycles. The van der Waals surface area contributed by atoms with Gasteiger partial charge in [-0.25, -0.2) is 4.57 Å². The summed E-state index contributed by atoms with van der Waals surface area (Å²) in [5, 5.41) is 0. The molecule has 0 aromatic rings. The maximum Gasteiger partial charge on any atom is 0.472 e. The molecule has 0 aliphatic heterocycles. The summed E-state index contributed by atoms with van der Waals surface area (Å²) in [7, 11) is 1.50. The monoisotopic (exact) mass is 1170 g/mol. The van der Waals surface area contributed by atoms with E-state index in [9.17, 15) is 19.0 Å². The van der Waals surface area contributed by atoms with Crippen LogP contribution < -0.4 is 0 Å². The van der Waals surface area contributed by atoms with Crippen LogP contribution in [0, 0.1) is 0 Å². The number of quaternary nitrogens is 1. The van der Waals surface area contributed by atoms with E-state index in [0.717, 1.165) is 38.5 Å². The molecular formula is C71H139NO8P+. The van der Waals surface area contributed by atoms with Gasteiger partial charge < -0.3 is 18.9 Å². The average molecular weight is 1170 g/mol. The van der Waals surface area contributed by atoms with Crippen LogP contribution in [-0.4, -0.2) is 74.9 Å². The van der Waals surface area contributed by atoms with Crippen molar-refractivity contribution in [1.82, 2.24) is 0 Å². The normalized spacial score (nSPS) is 13.2. The molecule has 0 spiro atoms. The highest BCUT2D eigenvalue weighted by atomic mass is 31.2. The first-order valence-electron chi connectivity index (χ1n) is 35.6. The Hall–Kier alpha value is -1.51. The summed E-state index contributed by atoms with van der Waals surface area (Å²) in [5.74, 6) is -0.778. The van der Waals surface area contributed by atoms with Crippen LogP contribution in [0.1, 0.15) is 367 Å². The van der Waals surface area contributed by atoms with E-state index in [4.69, 9.17) is 18.5 Å². The van der Waals surface area contributed by atoms with Crippen LogP contribution in [0.2, 0.25) is 0 Å². The van der Waals surface area contributed by atoms with E-state index in [1.54, 1.807) is 0 Å². The van der Waals surface area contributed by atoms with Crippen LogP contribution in [0.5, 0.6) is 0 Å². The SMILES string of the molecule is CCCCCCC/C=C\C/C=C\CCCCCCCCCCCCCC(=O)OC(COC(=O)CCCCCCCCCCCCCCCCCCCCCCCCCCCCCCCCCCCC)COP(=O)(O)OCC[N+](C)(C)C. The molecule has 0 bridgehead atoms. The molecule has 0 aliphatic carbocycles. The average Bonchev–Trinajstić information content (AvgIpc) is 3.43. The second kappa shape index (κ2) is 63.0. The van der Waals surface area contributed by atoms with Gasteiger partial charge in [-0.3, -0.25) is 18.6 Å². The van der Waals surface area contributed by atoms with Gasteiger partial charge in [0.15, 0.2) is 6.10 Å². The van der Waals surface area contributed by atoms with Crippen molar-refractivity contribution in [2.45, 2.75) is 373 Å². The zero-order valence-corrected chi connectivity index (χ0v) is 55.7. The van der Waals surface area contributed by atoms with Crippen molar-refractivity contribution in [3.8, 4) is 0 Å². The third-order valence-corrected chi connectivity index (χ3v) is 17.2. The van der Waals surface area contributed by atoms with Crippen molar-refractivity contribution in [3.05, 3.63) is 24.3 Å². The van der Waals surface area contributed by atoms with Crippen molar-refractivity contribution < 1.29 is 42.1 Å². The van der Waals surface area contributed by atoms with Crippen molar-refractivity contribution >= 4 is 19.8 Å². The van der Waals surface area contributed by atoms with Gasteiger partial charge in [-0.05, 0) is 44.9 Å². The number of nitrogens with zero attached hydrogens (tertiary/aromatic N) is 1. The van der Waals surface area contributed by atoms with Crippen molar-refractivity contribution in [3.63, 3.8) is 0 Å². The summed E-state index contributed by atoms with van der Waals surface area (Å²) in [4.78, 5) is 35.8. The third-order valence-electron chi connectivity index (χ3n) is 16.2. The molecule has 480 valence electrons. The van der Waals surface area contributed by atoms with Gasteiger partial charge in [0, 0.05) is 12.8 Å². The standard InChI is InChI=1S/C71H138NO8P/c1-6-8-10-12-14-16-18-20-22-24-26-28-30-31-32-33-34-35-36-37-38-39-40-42-43-45-47-49-51-53-55-57-59-61-63-70(73)77-67-69(68-79-81(75,76)78-66-65-72(3,4)5)80-71(74)64-62-60-58-56-54-52-50-48-46-44-41-29-27-25-23-21-19-17-15-13-11-9-7-2/h19,21,25,27,69H,6-18,20,22-24,26,28-68H2,1-5H3/p+1/b21-19-,27-25-. The number of phosphoric ester groups is 1. The molecule has 0 aliphatic rings. The molecule has 0 heterocycles. The van der Waals surface area contributed by atoms with Crippen molar-refractivity contribution in [2.24, 2.45) is 0 Å². The van der Waals surface area contributed by atoms with Crippen LogP contribution in [0.4, 0.5) is 0 Å². The number of esters is 2. The maximum absolute atomic E-state index is 12.9. The van der Waals surface area contributed by atoms with Crippen LogP contribution in [0.15, 0.2) is 24.3 Å². The number of hydrogen-bond donors (Lipinski definition) is 1. The summed E-state index contributed by atoms with van der Waals surface area (Å²) >= 11 is 0. The molecule has 0 fully saturated rings. The highest BCUT2D eigenvalue weighted by Gasteiger charge is 2.27. The Balaban J connectivity index is 3.95. The quantitative estimate of drug-likeness (QED) is 0.0211. The molecule has 1 N–H and O–H groups in total. The fourth-order valence-electron chi connectivity index (χ4n) is 10.8. The lowest BCUT2D eigenvalue weighted by Crippen LogP contribution is -2.37. The molecule has 0 rings (SSSR count). The second-order valence-electron chi connectivity index (χ2n) is 25.6. The number of unbranched alkanes of at least 4 members (excludes halogenated alkanes) is 49. The lowest BCUT2D eigenvalue weighted by Gasteiger charge is -2.24. The summed E-state index contributed by atoms with van der Waals surface area (Å²) in [6.45, 7) is 4.49. The van der Waals surface area contributed by atoms with Gasteiger partial charge in [0.25, 0.3) is 0 Å². The Morgan fingerprint density at radius 1 is 0.383 bits per heavy atom. The molecule has 2 unspecified atom stereocenters. The largest absolute Gasteiger partial charge is 0.472 e. The molecule has 0 amide bonds. The highest BCUT2D eigenvalue weighted by Crippen LogP contribution is 2.43. The van der Waals surface area contributed by atoms with E-state index in [-0.39, 0.29) is 25.6 Å². The first kappa shape index (κ1) is 79.5. The summed E-state index contributed by atoms with van der Waals surface area (Å²) in [5.41, 5.74) is 0. The maximum atomic E-state index is 12.9. The number of ether oxygens (including phenoxy) is 2. The third kappa shape index (κ3) is 67.5. The molecule has 2 atom stereocenters. The molecule has 0 aromatic heterocycles. The summed E-state index contributed by atoms with van der Waals surface area (Å²) in [6, 6.07) is 0. The number of allylic oxidation sites excluding steroid dienone is 4. The van der Waals surface area contributed by atoms with Gasteiger partial charge in [0.1, 0.15) is 19.8 Å². The number of phosphoric acid groups is 1. The van der Waals surface area contributed by atoms with Gasteiger partial charge in [0.2, 0.25) is 0 Å². The van der Waals surface area contributed by atoms with Crippen LogP contribution in [0.25, 0.3) is 0 Å². The van der Waals surface area contributed by atoms with Gasteiger partial charge in [-0.15, -0.1) is 0 Å². The minimum atomic E-state index is -4.39. The van der Waals surface area contributed by atoms with Crippen molar-refractivity contribution in [2.75, 3.05) is 47.5 Å². The Morgan fingerprint density at radius 2 is 0.667 bits per heavy atom. The lowest BCUT2D eigenvalue weighted by molar-refractivity contribution is -0.870. The van der Waals surface area contributed by atoms with Crippen LogP contribution >= 0.6 is 7.82 Å². The molecule has 9 nitrogen and oxygen atoms in total. The van der Waals surface area contributed by atoms with Gasteiger partial charge >= 0.3 is 19.8 Å².